The van der Waals surface area contributed by atoms with Gasteiger partial charge in [0.1, 0.15) is 15.7 Å². The van der Waals surface area contributed by atoms with Crippen molar-refractivity contribution in [2.24, 2.45) is 5.92 Å². The lowest BCUT2D eigenvalue weighted by atomic mass is 10.2. The number of aromatic nitrogens is 2. The average Bonchev–Trinajstić information content (AvgIpc) is 2.90. The van der Waals surface area contributed by atoms with Crippen LogP contribution in [0.5, 0.6) is 0 Å². The monoisotopic (exact) mass is 366 g/mol. The largest absolute Gasteiger partial charge is 0.464 e. The molecule has 0 spiro atoms. The molecule has 1 unspecified atom stereocenters. The van der Waals surface area contributed by atoms with Gasteiger partial charge in [-0.1, -0.05) is 13.8 Å². The van der Waals surface area contributed by atoms with Gasteiger partial charge in [-0.05, 0) is 32.3 Å². The molecule has 2 rings (SSSR count). The van der Waals surface area contributed by atoms with Gasteiger partial charge >= 0.3 is 11.9 Å². The zero-order valence-electron chi connectivity index (χ0n) is 15.0. The summed E-state index contributed by atoms with van der Waals surface area (Å²) in [5, 5.41) is 0.332. The molecule has 2 heterocycles. The highest BCUT2D eigenvalue weighted by Gasteiger charge is 2.24. The Kier molecular flexibility index (Phi) is 5.94. The van der Waals surface area contributed by atoms with Crippen molar-refractivity contribution in [3.8, 4) is 0 Å². The van der Waals surface area contributed by atoms with Gasteiger partial charge in [0.05, 0.1) is 24.9 Å². The summed E-state index contributed by atoms with van der Waals surface area (Å²) in [6.07, 6.45) is 1.32. The fourth-order valence-corrected chi connectivity index (χ4v) is 3.32. The van der Waals surface area contributed by atoms with Crippen LogP contribution in [0.2, 0.25) is 0 Å². The molecule has 8 heteroatoms. The van der Waals surface area contributed by atoms with Crippen molar-refractivity contribution >= 4 is 33.5 Å². The van der Waals surface area contributed by atoms with E-state index in [2.05, 4.69) is 4.98 Å². The Labute approximate surface area is 149 Å². The number of thiophene rings is 1. The Bertz CT molecular complexity index is 853. The molecule has 0 fully saturated rings. The van der Waals surface area contributed by atoms with E-state index in [1.165, 1.54) is 10.9 Å². The number of carbonyl (C=O) groups is 2. The highest BCUT2D eigenvalue weighted by atomic mass is 32.1. The van der Waals surface area contributed by atoms with Gasteiger partial charge in [-0.2, -0.15) is 0 Å². The molecular formula is C17H22N2O5S. The molecule has 0 aliphatic rings. The van der Waals surface area contributed by atoms with E-state index in [4.69, 9.17) is 9.47 Å². The van der Waals surface area contributed by atoms with Crippen molar-refractivity contribution in [3.63, 3.8) is 0 Å². The van der Waals surface area contributed by atoms with Gasteiger partial charge in [0.25, 0.3) is 5.56 Å². The number of carbonyl (C=O) groups excluding carboxylic acids is 2. The van der Waals surface area contributed by atoms with Gasteiger partial charge in [-0.3, -0.25) is 9.36 Å². The third-order valence-corrected chi connectivity index (χ3v) is 4.83. The van der Waals surface area contributed by atoms with E-state index in [-0.39, 0.29) is 24.7 Å². The molecule has 1 atom stereocenters. The van der Waals surface area contributed by atoms with Crippen molar-refractivity contribution in [2.45, 2.75) is 40.7 Å². The Morgan fingerprint density at radius 2 is 1.96 bits per heavy atom. The molecule has 2 aromatic rings. The van der Waals surface area contributed by atoms with Gasteiger partial charge in [0.15, 0.2) is 0 Å². The maximum atomic E-state index is 12.8. The van der Waals surface area contributed by atoms with Crippen LogP contribution in [0.4, 0.5) is 0 Å². The van der Waals surface area contributed by atoms with Crippen LogP contribution >= 0.6 is 11.3 Å². The predicted molar refractivity (Wildman–Crippen MR) is 95.1 cm³/mol. The fraction of sp³-hybridized carbons (Fsp3) is 0.529. The number of hydrogen-bond donors (Lipinski definition) is 0. The number of hydrogen-bond acceptors (Lipinski definition) is 7. The van der Waals surface area contributed by atoms with E-state index in [0.29, 0.717) is 20.7 Å². The Balaban J connectivity index is 2.42. The summed E-state index contributed by atoms with van der Waals surface area (Å²) in [7, 11) is 0. The van der Waals surface area contributed by atoms with Gasteiger partial charge in [-0.25, -0.2) is 14.6 Å². The number of rotatable bonds is 6. The molecule has 0 saturated heterocycles. The number of ether oxygens (including phenoxy) is 2. The lowest BCUT2D eigenvalue weighted by molar-refractivity contribution is -0.148. The van der Waals surface area contributed by atoms with Crippen molar-refractivity contribution in [1.29, 1.82) is 0 Å². The minimum atomic E-state index is -0.798. The first kappa shape index (κ1) is 19.1. The molecule has 0 saturated carbocycles. The summed E-state index contributed by atoms with van der Waals surface area (Å²) in [5.41, 5.74) is 0.149. The molecule has 25 heavy (non-hydrogen) atoms. The average molecular weight is 366 g/mol. The minimum Gasteiger partial charge on any atom is -0.464 e. The third kappa shape index (κ3) is 3.89. The highest BCUT2D eigenvalue weighted by molar-refractivity contribution is 7.20. The highest BCUT2D eigenvalue weighted by Crippen LogP contribution is 2.27. The van der Waals surface area contributed by atoms with Crippen LogP contribution < -0.4 is 5.56 Å². The SMILES string of the molecule is CCOC(=O)c1sc2ncn(C(C)C(=O)OCC(C)C)c(=O)c2c1C. The molecule has 0 bridgehead atoms. The first-order valence-corrected chi connectivity index (χ1v) is 8.93. The van der Waals surface area contributed by atoms with E-state index in [1.807, 2.05) is 13.8 Å². The molecular weight excluding hydrogens is 344 g/mol. The Morgan fingerprint density at radius 1 is 1.28 bits per heavy atom. The summed E-state index contributed by atoms with van der Waals surface area (Å²) >= 11 is 1.11. The van der Waals surface area contributed by atoms with Crippen molar-refractivity contribution in [1.82, 2.24) is 9.55 Å². The Hall–Kier alpha value is -2.22. The second kappa shape index (κ2) is 7.77. The fourth-order valence-electron chi connectivity index (χ4n) is 2.29. The van der Waals surface area contributed by atoms with E-state index < -0.39 is 18.0 Å². The normalized spacial score (nSPS) is 12.4. The maximum absolute atomic E-state index is 12.8. The molecule has 0 radical (unpaired) electrons. The minimum absolute atomic E-state index is 0.208. The van der Waals surface area contributed by atoms with E-state index in [1.54, 1.807) is 20.8 Å². The molecule has 0 amide bonds. The van der Waals surface area contributed by atoms with E-state index >= 15 is 0 Å². The van der Waals surface area contributed by atoms with Crippen molar-refractivity contribution in [2.75, 3.05) is 13.2 Å². The lowest BCUT2D eigenvalue weighted by Gasteiger charge is -2.15. The second-order valence-electron chi connectivity index (χ2n) is 6.11. The number of aryl methyl sites for hydroxylation is 1. The molecule has 2 aromatic heterocycles. The summed E-state index contributed by atoms with van der Waals surface area (Å²) in [4.78, 5) is 42.0. The second-order valence-corrected chi connectivity index (χ2v) is 7.11. The summed E-state index contributed by atoms with van der Waals surface area (Å²) in [6, 6.07) is -0.798. The van der Waals surface area contributed by atoms with Crippen LogP contribution in [0.1, 0.15) is 49.0 Å². The van der Waals surface area contributed by atoms with Crippen LogP contribution in [0.3, 0.4) is 0 Å². The van der Waals surface area contributed by atoms with Crippen molar-refractivity contribution < 1.29 is 19.1 Å². The van der Waals surface area contributed by atoms with Gasteiger partial charge in [-0.15, -0.1) is 11.3 Å². The molecule has 0 aliphatic carbocycles. The zero-order chi connectivity index (χ0) is 18.7. The molecule has 0 aliphatic heterocycles. The van der Waals surface area contributed by atoms with E-state index in [0.717, 1.165) is 11.3 Å². The first-order valence-electron chi connectivity index (χ1n) is 8.11. The predicted octanol–water partition coefficient (Wildman–Crippen LogP) is 2.70. The molecule has 0 aromatic carbocycles. The standard InChI is InChI=1S/C17H22N2O5S/c1-6-23-17(22)13-10(4)12-14(25-13)18-8-19(15(12)20)11(5)16(21)24-7-9(2)3/h8-9,11H,6-7H2,1-5H3. The number of nitrogens with zero attached hydrogens (tertiary/aromatic N) is 2. The van der Waals surface area contributed by atoms with E-state index in [9.17, 15) is 14.4 Å². The Morgan fingerprint density at radius 3 is 2.56 bits per heavy atom. The maximum Gasteiger partial charge on any atom is 0.348 e. The van der Waals surface area contributed by atoms with Gasteiger partial charge in [0.2, 0.25) is 0 Å². The zero-order valence-corrected chi connectivity index (χ0v) is 15.8. The van der Waals surface area contributed by atoms with Crippen LogP contribution in [-0.4, -0.2) is 34.7 Å². The molecule has 0 N–H and O–H groups in total. The summed E-state index contributed by atoms with van der Waals surface area (Å²) < 4.78 is 11.4. The van der Waals surface area contributed by atoms with Crippen LogP contribution in [0, 0.1) is 12.8 Å². The van der Waals surface area contributed by atoms with Crippen LogP contribution in [0.15, 0.2) is 11.1 Å². The smallest absolute Gasteiger partial charge is 0.348 e. The number of esters is 2. The van der Waals surface area contributed by atoms with Crippen LogP contribution in [-0.2, 0) is 14.3 Å². The van der Waals surface area contributed by atoms with Gasteiger partial charge in [0, 0.05) is 0 Å². The number of fused-ring (bicyclic) bond motifs is 1. The third-order valence-electron chi connectivity index (χ3n) is 3.65. The van der Waals surface area contributed by atoms with Crippen LogP contribution in [0.25, 0.3) is 10.2 Å². The van der Waals surface area contributed by atoms with Crippen molar-refractivity contribution in [3.05, 3.63) is 27.1 Å². The molecule has 7 nitrogen and oxygen atoms in total. The quantitative estimate of drug-likeness (QED) is 0.731. The summed E-state index contributed by atoms with van der Waals surface area (Å²) in [5.74, 6) is -0.756. The topological polar surface area (TPSA) is 87.5 Å². The first-order chi connectivity index (χ1) is 11.8. The lowest BCUT2D eigenvalue weighted by Crippen LogP contribution is -2.30. The summed E-state index contributed by atoms with van der Waals surface area (Å²) in [6.45, 7) is 9.40. The molecule has 136 valence electrons. The van der Waals surface area contributed by atoms with Gasteiger partial charge < -0.3 is 9.47 Å².